The van der Waals surface area contributed by atoms with Crippen LogP contribution in [0.2, 0.25) is 0 Å². The summed E-state index contributed by atoms with van der Waals surface area (Å²) >= 11 is 0. The molecule has 1 spiro atoms. The quantitative estimate of drug-likeness (QED) is 0.757. The second-order valence-electron chi connectivity index (χ2n) is 7.62. The fourth-order valence-corrected chi connectivity index (χ4v) is 4.32. The molecular weight excluding hydrogens is 361 g/mol. The highest BCUT2D eigenvalue weighted by Crippen LogP contribution is 2.47. The minimum absolute atomic E-state index is 0.0561. The van der Waals surface area contributed by atoms with E-state index in [0.717, 1.165) is 25.7 Å². The third-order valence-corrected chi connectivity index (χ3v) is 5.66. The van der Waals surface area contributed by atoms with Crippen LogP contribution >= 0.6 is 0 Å². The van der Waals surface area contributed by atoms with Crippen molar-refractivity contribution >= 4 is 11.7 Å². The van der Waals surface area contributed by atoms with E-state index in [1.807, 2.05) is 0 Å². The molecule has 1 aromatic carbocycles. The van der Waals surface area contributed by atoms with E-state index in [9.17, 15) is 18.0 Å². The van der Waals surface area contributed by atoms with Gasteiger partial charge in [0.15, 0.2) is 11.5 Å². The van der Waals surface area contributed by atoms with Crippen LogP contribution in [0, 0.1) is 5.92 Å². The minimum atomic E-state index is -4.30. The van der Waals surface area contributed by atoms with Gasteiger partial charge in [-0.1, -0.05) is 12.8 Å². The molecule has 0 radical (unpaired) electrons. The first-order valence-electron chi connectivity index (χ1n) is 9.51. The summed E-state index contributed by atoms with van der Waals surface area (Å²) in [7, 11) is 0. The van der Waals surface area contributed by atoms with Gasteiger partial charge in [-0.05, 0) is 37.8 Å². The lowest BCUT2D eigenvalue weighted by Gasteiger charge is -2.33. The summed E-state index contributed by atoms with van der Waals surface area (Å²) in [6.07, 6.45) is 1.05. The van der Waals surface area contributed by atoms with E-state index in [4.69, 9.17) is 9.47 Å². The summed E-state index contributed by atoms with van der Waals surface area (Å²) in [5.74, 6) is -0.894. The fraction of sp³-hybridized carbons (Fsp3) is 0.632. The maximum Gasteiger partial charge on any atom is 0.393 e. The van der Waals surface area contributed by atoms with Gasteiger partial charge >= 0.3 is 12.2 Å². The van der Waals surface area contributed by atoms with Crippen molar-refractivity contribution in [2.24, 2.45) is 5.92 Å². The minimum Gasteiger partial charge on any atom is -0.448 e. The van der Waals surface area contributed by atoms with Gasteiger partial charge in [-0.25, -0.2) is 4.79 Å². The van der Waals surface area contributed by atoms with Crippen LogP contribution in [-0.2, 0) is 0 Å². The van der Waals surface area contributed by atoms with Gasteiger partial charge in [-0.3, -0.25) is 0 Å². The molecule has 0 unspecified atom stereocenters. The van der Waals surface area contributed by atoms with Crippen molar-refractivity contribution in [3.63, 3.8) is 0 Å². The number of nitrogens with one attached hydrogen (secondary N) is 2. The Morgan fingerprint density at radius 1 is 1.04 bits per heavy atom. The normalized spacial score (nSPS) is 26.2. The van der Waals surface area contributed by atoms with Crippen molar-refractivity contribution in [3.8, 4) is 11.5 Å². The second-order valence-corrected chi connectivity index (χ2v) is 7.62. The van der Waals surface area contributed by atoms with Gasteiger partial charge < -0.3 is 20.1 Å². The summed E-state index contributed by atoms with van der Waals surface area (Å²) in [6.45, 7) is 0. The third-order valence-electron chi connectivity index (χ3n) is 5.66. The molecule has 1 aliphatic heterocycles. The van der Waals surface area contributed by atoms with Crippen LogP contribution in [0.15, 0.2) is 18.2 Å². The molecule has 2 N–H and O–H groups in total. The Kier molecular flexibility index (Phi) is 4.60. The van der Waals surface area contributed by atoms with Crippen molar-refractivity contribution < 1.29 is 27.4 Å². The Hall–Kier alpha value is -2.12. The number of urea groups is 1. The second kappa shape index (κ2) is 6.80. The third kappa shape index (κ3) is 3.80. The number of ether oxygens (including phenoxy) is 2. The fourth-order valence-electron chi connectivity index (χ4n) is 4.32. The Morgan fingerprint density at radius 2 is 1.74 bits per heavy atom. The van der Waals surface area contributed by atoms with Gasteiger partial charge in [0.2, 0.25) is 0 Å². The molecule has 27 heavy (non-hydrogen) atoms. The highest BCUT2D eigenvalue weighted by atomic mass is 19.4. The lowest BCUT2D eigenvalue weighted by molar-refractivity contribution is -0.187. The van der Waals surface area contributed by atoms with Gasteiger partial charge in [0.05, 0.1) is 5.92 Å². The number of hydrogen-bond acceptors (Lipinski definition) is 3. The van der Waals surface area contributed by atoms with Crippen molar-refractivity contribution in [2.45, 2.75) is 69.4 Å². The molecule has 2 amide bonds. The van der Waals surface area contributed by atoms with Crippen LogP contribution in [0.3, 0.4) is 0 Å². The molecule has 1 aromatic rings. The van der Waals surface area contributed by atoms with Crippen LogP contribution in [-0.4, -0.2) is 24.0 Å². The van der Waals surface area contributed by atoms with Crippen molar-refractivity contribution in [1.82, 2.24) is 5.32 Å². The Balaban J connectivity index is 1.39. The largest absolute Gasteiger partial charge is 0.448 e. The lowest BCUT2D eigenvalue weighted by Crippen LogP contribution is -2.48. The van der Waals surface area contributed by atoms with Crippen LogP contribution in [0.4, 0.5) is 23.7 Å². The maximum atomic E-state index is 13.2. The van der Waals surface area contributed by atoms with E-state index in [0.29, 0.717) is 36.4 Å². The van der Waals surface area contributed by atoms with E-state index < -0.39 is 30.0 Å². The predicted molar refractivity (Wildman–Crippen MR) is 92.9 cm³/mol. The molecule has 0 saturated heterocycles. The number of rotatable bonds is 2. The van der Waals surface area contributed by atoms with Gasteiger partial charge in [0.25, 0.3) is 5.79 Å². The number of carbonyl (C=O) groups excluding carboxylic acids is 1. The molecule has 0 bridgehead atoms. The first kappa shape index (κ1) is 18.3. The zero-order valence-corrected chi connectivity index (χ0v) is 14.9. The van der Waals surface area contributed by atoms with E-state index in [1.54, 1.807) is 18.2 Å². The van der Waals surface area contributed by atoms with E-state index in [-0.39, 0.29) is 6.42 Å². The summed E-state index contributed by atoms with van der Waals surface area (Å²) < 4.78 is 51.3. The smallest absolute Gasteiger partial charge is 0.393 e. The van der Waals surface area contributed by atoms with Gasteiger partial charge in [-0.15, -0.1) is 0 Å². The molecular formula is C19H23F3N2O3. The van der Waals surface area contributed by atoms with E-state index in [2.05, 4.69) is 10.6 Å². The molecule has 2 atom stereocenters. The molecule has 0 aromatic heterocycles. The number of carbonyl (C=O) groups is 1. The Bertz CT molecular complexity index is 717. The molecule has 148 valence electrons. The summed E-state index contributed by atoms with van der Waals surface area (Å²) in [4.78, 5) is 12.2. The van der Waals surface area contributed by atoms with Crippen LogP contribution in [0.5, 0.6) is 11.5 Å². The summed E-state index contributed by atoms with van der Waals surface area (Å²) in [5, 5.41) is 5.12. The number of amides is 2. The van der Waals surface area contributed by atoms with Crippen molar-refractivity contribution in [1.29, 1.82) is 0 Å². The average molecular weight is 384 g/mol. The topological polar surface area (TPSA) is 59.6 Å². The molecule has 1 heterocycles. The molecule has 2 fully saturated rings. The highest BCUT2D eigenvalue weighted by Gasteiger charge is 2.46. The van der Waals surface area contributed by atoms with Crippen LogP contribution < -0.4 is 20.1 Å². The number of halogens is 3. The monoisotopic (exact) mass is 384 g/mol. The van der Waals surface area contributed by atoms with Crippen LogP contribution in [0.1, 0.15) is 51.4 Å². The lowest BCUT2D eigenvalue weighted by atomic mass is 9.84. The molecule has 4 rings (SSSR count). The van der Waals surface area contributed by atoms with E-state index in [1.165, 1.54) is 0 Å². The van der Waals surface area contributed by atoms with Gasteiger partial charge in [0.1, 0.15) is 0 Å². The average Bonchev–Trinajstić information content (AvgIpc) is 3.20. The number of anilines is 1. The highest BCUT2D eigenvalue weighted by molar-refractivity contribution is 5.90. The van der Waals surface area contributed by atoms with Crippen LogP contribution in [0.25, 0.3) is 0 Å². The predicted octanol–water partition coefficient (Wildman–Crippen LogP) is 4.97. The van der Waals surface area contributed by atoms with Crippen molar-refractivity contribution in [3.05, 3.63) is 18.2 Å². The van der Waals surface area contributed by atoms with E-state index >= 15 is 0 Å². The first-order chi connectivity index (χ1) is 12.8. The molecule has 3 aliphatic rings. The molecule has 8 heteroatoms. The van der Waals surface area contributed by atoms with Gasteiger partial charge in [-0.2, -0.15) is 13.2 Å². The summed E-state index contributed by atoms with van der Waals surface area (Å²) in [5.41, 5.74) is 0.462. The zero-order valence-electron chi connectivity index (χ0n) is 14.9. The number of fused-ring (bicyclic) bond motifs is 1. The summed E-state index contributed by atoms with van der Waals surface area (Å²) in [6, 6.07) is 3.51. The standard InChI is InChI=1S/C19H23F3N2O3/c20-19(21,22)13-5-1-2-6-14(13)24-17(25)23-12-7-8-15-16(11-12)27-18(26-15)9-3-4-10-18/h7-8,11,13-14H,1-6,9-10H2,(H2,23,24,25)/t13-,14-/m1/s1. The number of benzene rings is 1. The zero-order chi connectivity index (χ0) is 19.1. The first-order valence-corrected chi connectivity index (χ1v) is 9.51. The molecule has 2 saturated carbocycles. The maximum absolute atomic E-state index is 13.2. The SMILES string of the molecule is O=C(Nc1ccc2c(c1)OC1(CCCC1)O2)N[C@@H]1CCCC[C@H]1C(F)(F)F. The van der Waals surface area contributed by atoms with Gasteiger partial charge in [0, 0.05) is 30.6 Å². The Morgan fingerprint density at radius 3 is 2.48 bits per heavy atom. The molecule has 5 nitrogen and oxygen atoms in total. The number of alkyl halides is 3. The van der Waals surface area contributed by atoms with Crippen molar-refractivity contribution in [2.75, 3.05) is 5.32 Å². The number of hydrogen-bond donors (Lipinski definition) is 2. The molecule has 2 aliphatic carbocycles. The Labute approximate surface area is 155 Å².